The van der Waals surface area contributed by atoms with Crippen molar-refractivity contribution in [1.29, 1.82) is 0 Å². The zero-order valence-electron chi connectivity index (χ0n) is 15.4. The number of benzene rings is 1. The predicted molar refractivity (Wildman–Crippen MR) is 105 cm³/mol. The fraction of sp³-hybridized carbons (Fsp3) is 0.667. The smallest absolute Gasteiger partial charge is 0.223 e. The molecule has 4 rings (SSSR count). The standard InChI is InChI=1S/C21H30N2OS/c1-15(2)18-14-25-19-10-11-22(12-16-6-4-3-5-7-16)13-17-8-9-20(24)23(18)21(17)19/h3-7,15,17-19,21H,8-14H2,1-2H3/t17-,18-,19-,21?/m1/s1. The first kappa shape index (κ1) is 17.4. The second-order valence-corrected chi connectivity index (χ2v) is 9.56. The molecule has 4 heteroatoms. The molecule has 0 bridgehead atoms. The zero-order chi connectivity index (χ0) is 17.4. The quantitative estimate of drug-likeness (QED) is 0.824. The molecule has 3 aliphatic rings. The minimum atomic E-state index is 0.418. The summed E-state index contributed by atoms with van der Waals surface area (Å²) < 4.78 is 0. The molecule has 3 fully saturated rings. The molecule has 1 aromatic rings. The summed E-state index contributed by atoms with van der Waals surface area (Å²) in [7, 11) is 0. The lowest BCUT2D eigenvalue weighted by atomic mass is 9.83. The number of rotatable bonds is 3. The normalized spacial score (nSPS) is 33.2. The van der Waals surface area contributed by atoms with Crippen molar-refractivity contribution in [3.05, 3.63) is 35.9 Å². The molecule has 3 saturated heterocycles. The SMILES string of the molecule is CC(C)[C@H]1CS[C@@H]2CCN(Cc3ccccc3)C[C@H]3CCC(=O)N1C32. The van der Waals surface area contributed by atoms with Crippen LogP contribution < -0.4 is 0 Å². The van der Waals surface area contributed by atoms with Crippen LogP contribution >= 0.6 is 11.8 Å². The monoisotopic (exact) mass is 358 g/mol. The van der Waals surface area contributed by atoms with E-state index >= 15 is 0 Å². The van der Waals surface area contributed by atoms with E-state index in [1.807, 2.05) is 0 Å². The Labute approximate surface area is 156 Å². The Morgan fingerprint density at radius 3 is 2.76 bits per heavy atom. The lowest BCUT2D eigenvalue weighted by molar-refractivity contribution is -0.143. The van der Waals surface area contributed by atoms with Crippen molar-refractivity contribution in [2.24, 2.45) is 11.8 Å². The van der Waals surface area contributed by atoms with Crippen LogP contribution in [0.25, 0.3) is 0 Å². The summed E-state index contributed by atoms with van der Waals surface area (Å²) in [4.78, 5) is 17.7. The van der Waals surface area contributed by atoms with Crippen molar-refractivity contribution in [3.8, 4) is 0 Å². The molecule has 1 amide bonds. The lowest BCUT2D eigenvalue weighted by Crippen LogP contribution is -2.62. The van der Waals surface area contributed by atoms with Crippen molar-refractivity contribution in [3.63, 3.8) is 0 Å². The maximum absolute atomic E-state index is 12.8. The molecule has 0 aromatic heterocycles. The van der Waals surface area contributed by atoms with Crippen LogP contribution in [0, 0.1) is 11.8 Å². The Balaban J connectivity index is 1.54. The van der Waals surface area contributed by atoms with Crippen molar-refractivity contribution in [1.82, 2.24) is 9.80 Å². The highest BCUT2D eigenvalue weighted by Gasteiger charge is 2.48. The number of carbonyl (C=O) groups is 1. The number of thioether (sulfide) groups is 1. The van der Waals surface area contributed by atoms with E-state index in [0.717, 1.165) is 38.2 Å². The first-order chi connectivity index (χ1) is 12.1. The number of hydrogen-bond donors (Lipinski definition) is 0. The van der Waals surface area contributed by atoms with Gasteiger partial charge in [-0.3, -0.25) is 9.69 Å². The highest BCUT2D eigenvalue weighted by atomic mass is 32.2. The molecular formula is C21H30N2OS. The Kier molecular flexibility index (Phi) is 5.10. The molecule has 3 heterocycles. The van der Waals surface area contributed by atoms with E-state index in [2.05, 4.69) is 65.7 Å². The predicted octanol–water partition coefficient (Wildman–Crippen LogP) is 3.64. The molecule has 3 aliphatic heterocycles. The van der Waals surface area contributed by atoms with Gasteiger partial charge in [0.05, 0.1) is 0 Å². The van der Waals surface area contributed by atoms with E-state index in [1.165, 1.54) is 12.0 Å². The van der Waals surface area contributed by atoms with Gasteiger partial charge >= 0.3 is 0 Å². The molecule has 0 N–H and O–H groups in total. The minimum absolute atomic E-state index is 0.418. The van der Waals surface area contributed by atoms with Gasteiger partial charge in [-0.25, -0.2) is 0 Å². The van der Waals surface area contributed by atoms with Crippen LogP contribution in [0.3, 0.4) is 0 Å². The number of nitrogens with zero attached hydrogens (tertiary/aromatic N) is 2. The summed E-state index contributed by atoms with van der Waals surface area (Å²) in [5.74, 6) is 2.74. The van der Waals surface area contributed by atoms with Crippen LogP contribution in [-0.2, 0) is 11.3 Å². The van der Waals surface area contributed by atoms with Crippen LogP contribution in [0.1, 0.15) is 38.7 Å². The number of amides is 1. The summed E-state index contributed by atoms with van der Waals surface area (Å²) in [6.45, 7) is 7.91. The van der Waals surface area contributed by atoms with E-state index in [4.69, 9.17) is 0 Å². The maximum atomic E-state index is 12.8. The summed E-state index contributed by atoms with van der Waals surface area (Å²) in [6.07, 6.45) is 3.04. The average Bonchev–Trinajstić information content (AvgIpc) is 2.79. The van der Waals surface area contributed by atoms with E-state index in [1.54, 1.807) is 0 Å². The van der Waals surface area contributed by atoms with E-state index in [0.29, 0.717) is 35.1 Å². The molecule has 4 atom stereocenters. The van der Waals surface area contributed by atoms with Crippen LogP contribution in [0.2, 0.25) is 0 Å². The average molecular weight is 359 g/mol. The molecule has 0 aliphatic carbocycles. The van der Waals surface area contributed by atoms with Crippen LogP contribution in [-0.4, -0.2) is 51.9 Å². The van der Waals surface area contributed by atoms with Crippen molar-refractivity contribution < 1.29 is 4.79 Å². The van der Waals surface area contributed by atoms with Gasteiger partial charge in [0.1, 0.15) is 0 Å². The second kappa shape index (κ2) is 7.32. The van der Waals surface area contributed by atoms with Gasteiger partial charge in [-0.2, -0.15) is 11.8 Å². The van der Waals surface area contributed by atoms with E-state index in [9.17, 15) is 4.79 Å². The van der Waals surface area contributed by atoms with Gasteiger partial charge in [-0.05, 0) is 36.8 Å². The summed E-state index contributed by atoms with van der Waals surface area (Å²) in [5.41, 5.74) is 1.41. The zero-order valence-corrected chi connectivity index (χ0v) is 16.3. The Morgan fingerprint density at radius 1 is 1.20 bits per heavy atom. The summed E-state index contributed by atoms with van der Waals surface area (Å²) in [5, 5.41) is 0.630. The van der Waals surface area contributed by atoms with Crippen LogP contribution in [0.15, 0.2) is 30.3 Å². The minimum Gasteiger partial charge on any atom is -0.334 e. The topological polar surface area (TPSA) is 23.6 Å². The highest BCUT2D eigenvalue weighted by Crippen LogP contribution is 2.43. The molecule has 1 unspecified atom stereocenters. The Morgan fingerprint density at radius 2 is 2.00 bits per heavy atom. The third-order valence-electron chi connectivity index (χ3n) is 6.28. The Hall–Kier alpha value is -1.00. The third-order valence-corrected chi connectivity index (χ3v) is 7.76. The van der Waals surface area contributed by atoms with Crippen LogP contribution in [0.4, 0.5) is 0 Å². The van der Waals surface area contributed by atoms with Gasteiger partial charge in [0.25, 0.3) is 0 Å². The molecule has 136 valence electrons. The van der Waals surface area contributed by atoms with Gasteiger partial charge in [0, 0.05) is 42.6 Å². The molecule has 1 aromatic carbocycles. The lowest BCUT2D eigenvalue weighted by Gasteiger charge is -2.52. The molecular weight excluding hydrogens is 328 g/mol. The molecule has 3 nitrogen and oxygen atoms in total. The number of carbonyl (C=O) groups excluding carboxylic acids is 1. The van der Waals surface area contributed by atoms with Gasteiger partial charge in [0.15, 0.2) is 0 Å². The first-order valence-electron chi connectivity index (χ1n) is 9.82. The van der Waals surface area contributed by atoms with Crippen LogP contribution in [0.5, 0.6) is 0 Å². The highest BCUT2D eigenvalue weighted by molar-refractivity contribution is 8.00. The van der Waals surface area contributed by atoms with Gasteiger partial charge in [0.2, 0.25) is 5.91 Å². The van der Waals surface area contributed by atoms with Crippen molar-refractivity contribution in [2.45, 2.75) is 57.0 Å². The fourth-order valence-electron chi connectivity index (χ4n) is 4.98. The number of likely N-dealkylation sites (tertiary alicyclic amines) is 1. The maximum Gasteiger partial charge on any atom is 0.223 e. The fourth-order valence-corrected chi connectivity index (χ4v) is 6.79. The number of piperidine rings is 1. The summed E-state index contributed by atoms with van der Waals surface area (Å²) in [6, 6.07) is 11.7. The van der Waals surface area contributed by atoms with Gasteiger partial charge in [-0.1, -0.05) is 44.2 Å². The Bertz CT molecular complexity index is 605. The van der Waals surface area contributed by atoms with E-state index in [-0.39, 0.29) is 0 Å². The third kappa shape index (κ3) is 3.48. The number of hydrogen-bond acceptors (Lipinski definition) is 3. The first-order valence-corrected chi connectivity index (χ1v) is 10.9. The molecule has 0 saturated carbocycles. The van der Waals surface area contributed by atoms with Gasteiger partial charge in [-0.15, -0.1) is 0 Å². The van der Waals surface area contributed by atoms with Crippen molar-refractivity contribution >= 4 is 17.7 Å². The van der Waals surface area contributed by atoms with Crippen molar-refractivity contribution in [2.75, 3.05) is 18.8 Å². The van der Waals surface area contributed by atoms with E-state index < -0.39 is 0 Å². The molecule has 25 heavy (non-hydrogen) atoms. The molecule has 0 spiro atoms. The second-order valence-electron chi connectivity index (χ2n) is 8.28. The summed E-state index contributed by atoms with van der Waals surface area (Å²) >= 11 is 2.14. The molecule has 0 radical (unpaired) electrons. The van der Waals surface area contributed by atoms with Gasteiger partial charge < -0.3 is 4.90 Å². The largest absolute Gasteiger partial charge is 0.334 e.